The number of hydrogen-bond donors (Lipinski definition) is 2. The number of ether oxygens (including phenoxy) is 2. The standard InChI is InChI=1S/C40H76O6/c1-3-5-7-9-11-13-15-17-19-21-23-25-27-29-31-33-37(41)45-39(43)35-36-40(44)46-38(42)34-32-30-28-26-24-22-20-18-16-14-12-10-8-6-4-2/h35-38,41-42H,3-34H2,1-2H3/b36-35+. The van der Waals surface area contributed by atoms with Crippen molar-refractivity contribution in [2.45, 2.75) is 232 Å². The molecule has 0 aromatic heterocycles. The van der Waals surface area contributed by atoms with Gasteiger partial charge in [0.2, 0.25) is 12.6 Å². The maximum Gasteiger partial charge on any atom is 0.333 e. The van der Waals surface area contributed by atoms with Crippen LogP contribution in [0.5, 0.6) is 0 Å². The molecule has 272 valence electrons. The minimum Gasteiger partial charge on any atom is -0.433 e. The Hall–Kier alpha value is -1.40. The normalized spacial score (nSPS) is 12.9. The monoisotopic (exact) mass is 653 g/mol. The average Bonchev–Trinajstić information content (AvgIpc) is 3.03. The van der Waals surface area contributed by atoms with Gasteiger partial charge in [0, 0.05) is 25.0 Å². The first-order chi connectivity index (χ1) is 22.5. The van der Waals surface area contributed by atoms with E-state index in [1.165, 1.54) is 154 Å². The van der Waals surface area contributed by atoms with Crippen molar-refractivity contribution >= 4 is 11.9 Å². The fourth-order valence-corrected chi connectivity index (χ4v) is 5.98. The second kappa shape index (κ2) is 36.4. The van der Waals surface area contributed by atoms with Crippen molar-refractivity contribution < 1.29 is 29.3 Å². The molecule has 0 aromatic carbocycles. The maximum absolute atomic E-state index is 11.9. The predicted octanol–water partition coefficient (Wildman–Crippen LogP) is 11.8. The van der Waals surface area contributed by atoms with Gasteiger partial charge in [-0.05, 0) is 12.8 Å². The molecular formula is C40H76O6. The van der Waals surface area contributed by atoms with Crippen LogP contribution >= 0.6 is 0 Å². The number of carbonyl (C=O) groups is 2. The first kappa shape index (κ1) is 44.6. The zero-order valence-corrected chi connectivity index (χ0v) is 30.5. The summed E-state index contributed by atoms with van der Waals surface area (Å²) in [6, 6.07) is 0. The van der Waals surface area contributed by atoms with Gasteiger partial charge in [0.15, 0.2) is 0 Å². The first-order valence-corrected chi connectivity index (χ1v) is 19.9. The van der Waals surface area contributed by atoms with E-state index in [0.29, 0.717) is 12.8 Å². The molecule has 0 amide bonds. The van der Waals surface area contributed by atoms with Gasteiger partial charge in [-0.3, -0.25) is 0 Å². The summed E-state index contributed by atoms with van der Waals surface area (Å²) in [7, 11) is 0. The third-order valence-corrected chi connectivity index (χ3v) is 8.97. The molecule has 0 saturated heterocycles. The highest BCUT2D eigenvalue weighted by Gasteiger charge is 2.11. The zero-order chi connectivity index (χ0) is 33.8. The van der Waals surface area contributed by atoms with Crippen molar-refractivity contribution in [2.75, 3.05) is 0 Å². The molecule has 0 rings (SSSR count). The van der Waals surface area contributed by atoms with E-state index in [1.807, 2.05) is 0 Å². The molecule has 0 heterocycles. The Kier molecular flexibility index (Phi) is 35.3. The summed E-state index contributed by atoms with van der Waals surface area (Å²) in [6.45, 7) is 4.52. The van der Waals surface area contributed by atoms with E-state index in [0.717, 1.165) is 50.7 Å². The van der Waals surface area contributed by atoms with Crippen molar-refractivity contribution in [1.82, 2.24) is 0 Å². The Morgan fingerprint density at radius 2 is 0.587 bits per heavy atom. The van der Waals surface area contributed by atoms with Gasteiger partial charge in [-0.25, -0.2) is 9.59 Å². The molecule has 2 atom stereocenters. The number of carbonyl (C=O) groups excluding carboxylic acids is 2. The number of rotatable bonds is 36. The van der Waals surface area contributed by atoms with Crippen molar-refractivity contribution in [1.29, 1.82) is 0 Å². The second-order valence-electron chi connectivity index (χ2n) is 13.6. The summed E-state index contributed by atoms with van der Waals surface area (Å²) in [5.74, 6) is -1.58. The van der Waals surface area contributed by atoms with Crippen LogP contribution in [0.4, 0.5) is 0 Å². The summed E-state index contributed by atoms with van der Waals surface area (Å²) in [4.78, 5) is 23.8. The molecule has 0 saturated carbocycles. The van der Waals surface area contributed by atoms with Gasteiger partial charge in [-0.2, -0.15) is 0 Å². The van der Waals surface area contributed by atoms with E-state index >= 15 is 0 Å². The number of aliphatic hydroxyl groups excluding tert-OH is 2. The summed E-state index contributed by atoms with van der Waals surface area (Å²) in [5.41, 5.74) is 0. The Morgan fingerprint density at radius 3 is 0.804 bits per heavy atom. The van der Waals surface area contributed by atoms with Gasteiger partial charge < -0.3 is 19.7 Å². The van der Waals surface area contributed by atoms with Crippen LogP contribution in [0.1, 0.15) is 219 Å². The Bertz CT molecular complexity index is 623. The smallest absolute Gasteiger partial charge is 0.333 e. The van der Waals surface area contributed by atoms with E-state index < -0.39 is 24.5 Å². The number of hydrogen-bond acceptors (Lipinski definition) is 6. The van der Waals surface area contributed by atoms with Crippen LogP contribution in [0.25, 0.3) is 0 Å². The topological polar surface area (TPSA) is 93.1 Å². The van der Waals surface area contributed by atoms with Crippen LogP contribution in [0.15, 0.2) is 12.2 Å². The van der Waals surface area contributed by atoms with E-state index in [9.17, 15) is 19.8 Å². The average molecular weight is 653 g/mol. The third kappa shape index (κ3) is 35.5. The molecule has 0 aliphatic carbocycles. The lowest BCUT2D eigenvalue weighted by atomic mass is 10.0. The van der Waals surface area contributed by atoms with Crippen molar-refractivity contribution in [3.63, 3.8) is 0 Å². The lowest BCUT2D eigenvalue weighted by molar-refractivity contribution is -0.165. The lowest BCUT2D eigenvalue weighted by Crippen LogP contribution is -2.18. The van der Waals surface area contributed by atoms with Gasteiger partial charge in [0.25, 0.3) is 0 Å². The Morgan fingerprint density at radius 1 is 0.391 bits per heavy atom. The molecule has 0 fully saturated rings. The Labute approximate surface area is 284 Å². The van der Waals surface area contributed by atoms with E-state index in [4.69, 9.17) is 9.47 Å². The molecule has 46 heavy (non-hydrogen) atoms. The number of unbranched alkanes of at least 4 members (excludes halogenated alkanes) is 28. The van der Waals surface area contributed by atoms with Gasteiger partial charge in [-0.15, -0.1) is 0 Å². The summed E-state index contributed by atoms with van der Waals surface area (Å²) in [6.07, 6.45) is 38.5. The number of esters is 2. The third-order valence-electron chi connectivity index (χ3n) is 8.97. The van der Waals surface area contributed by atoms with Crippen molar-refractivity contribution in [3.8, 4) is 0 Å². The summed E-state index contributed by atoms with van der Waals surface area (Å²) in [5, 5.41) is 19.9. The minimum atomic E-state index is -1.18. The van der Waals surface area contributed by atoms with Gasteiger partial charge >= 0.3 is 11.9 Å². The molecule has 2 N–H and O–H groups in total. The SMILES string of the molecule is CCCCCCCCCCCCCCCCCC(O)OC(=O)/C=C/C(=O)OC(O)CCCCCCCCCCCCCCCCC. The predicted molar refractivity (Wildman–Crippen MR) is 192 cm³/mol. The van der Waals surface area contributed by atoms with Crippen LogP contribution in [0.3, 0.4) is 0 Å². The van der Waals surface area contributed by atoms with Crippen LogP contribution < -0.4 is 0 Å². The molecule has 0 aliphatic rings. The highest BCUT2D eigenvalue weighted by Crippen LogP contribution is 2.16. The molecule has 0 radical (unpaired) electrons. The molecule has 0 aliphatic heterocycles. The van der Waals surface area contributed by atoms with Gasteiger partial charge in [-0.1, -0.05) is 194 Å². The van der Waals surface area contributed by atoms with Crippen molar-refractivity contribution in [2.24, 2.45) is 0 Å². The fraction of sp³-hybridized carbons (Fsp3) is 0.900. The summed E-state index contributed by atoms with van der Waals surface area (Å²) >= 11 is 0. The zero-order valence-electron chi connectivity index (χ0n) is 30.5. The number of aliphatic hydroxyl groups is 2. The van der Waals surface area contributed by atoms with Crippen LogP contribution in [0.2, 0.25) is 0 Å². The molecule has 0 aromatic rings. The minimum absolute atomic E-state index is 0.389. The maximum atomic E-state index is 11.9. The van der Waals surface area contributed by atoms with Crippen LogP contribution in [-0.2, 0) is 19.1 Å². The molecule has 6 heteroatoms. The quantitative estimate of drug-likeness (QED) is 0.0303. The fourth-order valence-electron chi connectivity index (χ4n) is 5.98. The van der Waals surface area contributed by atoms with E-state index in [-0.39, 0.29) is 0 Å². The van der Waals surface area contributed by atoms with E-state index in [1.54, 1.807) is 0 Å². The molecule has 0 bridgehead atoms. The largest absolute Gasteiger partial charge is 0.433 e. The lowest BCUT2D eigenvalue weighted by Gasteiger charge is -2.11. The molecule has 2 unspecified atom stereocenters. The summed E-state index contributed by atoms with van der Waals surface area (Å²) < 4.78 is 9.89. The van der Waals surface area contributed by atoms with Crippen LogP contribution in [-0.4, -0.2) is 34.7 Å². The van der Waals surface area contributed by atoms with Gasteiger partial charge in [0.1, 0.15) is 0 Å². The van der Waals surface area contributed by atoms with Gasteiger partial charge in [0.05, 0.1) is 0 Å². The van der Waals surface area contributed by atoms with Crippen molar-refractivity contribution in [3.05, 3.63) is 12.2 Å². The highest BCUT2D eigenvalue weighted by molar-refractivity contribution is 5.91. The van der Waals surface area contributed by atoms with E-state index in [2.05, 4.69) is 13.8 Å². The Balaban J connectivity index is 3.56. The highest BCUT2D eigenvalue weighted by atomic mass is 16.6. The van der Waals surface area contributed by atoms with Crippen LogP contribution in [0, 0.1) is 0 Å². The molecule has 0 spiro atoms. The first-order valence-electron chi connectivity index (χ1n) is 19.9. The molecular weight excluding hydrogens is 576 g/mol. The molecule has 6 nitrogen and oxygen atoms in total. The second-order valence-corrected chi connectivity index (χ2v) is 13.6.